The molecule has 4 heterocycles. The number of hydrogen-bond donors (Lipinski definition) is 1. The molecule has 0 spiro atoms. The third-order valence-corrected chi connectivity index (χ3v) is 8.39. The molecular weight excluding hydrogens is 565 g/mol. The number of aromatic nitrogens is 3. The van der Waals surface area contributed by atoms with E-state index < -0.39 is 11.8 Å². The van der Waals surface area contributed by atoms with Gasteiger partial charge in [-0.1, -0.05) is 0 Å². The lowest BCUT2D eigenvalue weighted by Gasteiger charge is -2.37. The number of piperidine rings is 1. The van der Waals surface area contributed by atoms with E-state index in [9.17, 15) is 14.3 Å². The van der Waals surface area contributed by atoms with Gasteiger partial charge in [-0.3, -0.25) is 9.88 Å². The summed E-state index contributed by atoms with van der Waals surface area (Å²) < 4.78 is 34.0. The summed E-state index contributed by atoms with van der Waals surface area (Å²) in [6.45, 7) is 7.00. The topological polar surface area (TPSA) is 123 Å². The highest BCUT2D eigenvalue weighted by molar-refractivity contribution is 5.94. The number of likely N-dealkylation sites (tertiary alicyclic amines) is 1. The Morgan fingerprint density at radius 2 is 2.07 bits per heavy atom. The predicted molar refractivity (Wildman–Crippen MR) is 159 cm³/mol. The molecule has 11 heteroatoms. The van der Waals surface area contributed by atoms with Gasteiger partial charge in [-0.25, -0.2) is 14.2 Å². The summed E-state index contributed by atoms with van der Waals surface area (Å²) >= 11 is 0. The van der Waals surface area contributed by atoms with Crippen LogP contribution in [0.25, 0.3) is 11.0 Å². The Morgan fingerprint density at radius 3 is 2.77 bits per heavy atom. The van der Waals surface area contributed by atoms with Crippen LogP contribution in [0.15, 0.2) is 48.7 Å². The maximum Gasteiger partial charge on any atom is 0.335 e. The minimum Gasteiger partial charge on any atom is -0.490 e. The van der Waals surface area contributed by atoms with Gasteiger partial charge in [-0.15, -0.1) is 0 Å². The quantitative estimate of drug-likeness (QED) is 0.260. The van der Waals surface area contributed by atoms with Crippen molar-refractivity contribution in [1.29, 1.82) is 5.26 Å². The van der Waals surface area contributed by atoms with Crippen LogP contribution >= 0.6 is 0 Å². The van der Waals surface area contributed by atoms with Gasteiger partial charge in [0.1, 0.15) is 24.3 Å². The lowest BCUT2D eigenvalue weighted by molar-refractivity contribution is -0.0593. The second kappa shape index (κ2) is 12.6. The van der Waals surface area contributed by atoms with E-state index in [4.69, 9.17) is 24.5 Å². The molecule has 0 aliphatic carbocycles. The molecule has 2 aliphatic rings. The van der Waals surface area contributed by atoms with Crippen molar-refractivity contribution in [3.05, 3.63) is 82.7 Å². The summed E-state index contributed by atoms with van der Waals surface area (Å²) in [4.78, 5) is 23.5. The van der Waals surface area contributed by atoms with Crippen molar-refractivity contribution < 1.29 is 28.5 Å². The first kappa shape index (κ1) is 29.5. The fourth-order valence-electron chi connectivity index (χ4n) is 5.86. The number of aromatic carboxylic acids is 1. The zero-order valence-electron chi connectivity index (χ0n) is 24.7. The number of nitriles is 1. The number of fused-ring (bicyclic) bond motifs is 1. The van der Waals surface area contributed by atoms with Crippen LogP contribution in [-0.2, 0) is 24.4 Å². The molecule has 10 nitrogen and oxygen atoms in total. The summed E-state index contributed by atoms with van der Waals surface area (Å²) in [7, 11) is 0. The molecule has 2 aromatic carbocycles. The number of carboxylic acid groups (broad SMARTS) is 1. The Kier molecular flexibility index (Phi) is 8.46. The number of benzene rings is 2. The standard InChI is InChI=1S/C33H34FN5O5/c1-20-11-23(33(40)41)14-29-32(20)37-31(39(29)17-27-7-10-42-27)18-38-9-6-26(12-21(38)2)44-25-5-8-36-24(15-25)19-43-30-4-3-22(16-35)13-28(30)34/h3-5,8,11,13-15,21,26-27H,6-7,9-10,12,17-19H2,1-2H3,(H,40,41)/t21-,26-,27-/m0/s1. The highest BCUT2D eigenvalue weighted by Crippen LogP contribution is 2.29. The largest absolute Gasteiger partial charge is 0.490 e. The molecule has 4 aromatic rings. The van der Waals surface area contributed by atoms with Crippen molar-refractivity contribution in [2.75, 3.05) is 13.2 Å². The van der Waals surface area contributed by atoms with Gasteiger partial charge < -0.3 is 23.9 Å². The average Bonchev–Trinajstić information content (AvgIpc) is 3.33. The number of rotatable bonds is 10. The van der Waals surface area contributed by atoms with Gasteiger partial charge in [0, 0.05) is 31.5 Å². The molecule has 2 aliphatic heterocycles. The van der Waals surface area contributed by atoms with Crippen molar-refractivity contribution in [3.8, 4) is 17.6 Å². The molecular formula is C33H34FN5O5. The van der Waals surface area contributed by atoms with E-state index in [1.807, 2.05) is 13.0 Å². The second-order valence-corrected chi connectivity index (χ2v) is 11.5. The normalized spacial score (nSPS) is 20.2. The Balaban J connectivity index is 1.10. The molecule has 0 unspecified atom stereocenters. The van der Waals surface area contributed by atoms with Gasteiger partial charge in [0.15, 0.2) is 11.6 Å². The van der Waals surface area contributed by atoms with Crippen molar-refractivity contribution in [2.45, 2.75) is 71.1 Å². The summed E-state index contributed by atoms with van der Waals surface area (Å²) in [5.41, 5.74) is 3.60. The van der Waals surface area contributed by atoms with Gasteiger partial charge in [0.25, 0.3) is 0 Å². The number of aryl methyl sites for hydroxylation is 1. The molecule has 0 bridgehead atoms. The van der Waals surface area contributed by atoms with Crippen LogP contribution in [0.4, 0.5) is 4.39 Å². The Bertz CT molecular complexity index is 1730. The van der Waals surface area contributed by atoms with Crippen molar-refractivity contribution in [2.24, 2.45) is 0 Å². The Morgan fingerprint density at radius 1 is 1.23 bits per heavy atom. The highest BCUT2D eigenvalue weighted by atomic mass is 19.1. The number of carboxylic acids is 1. The van der Waals surface area contributed by atoms with Crippen molar-refractivity contribution >= 4 is 17.0 Å². The predicted octanol–water partition coefficient (Wildman–Crippen LogP) is 5.25. The van der Waals surface area contributed by atoms with E-state index in [0.717, 1.165) is 60.9 Å². The molecule has 2 fully saturated rings. The summed E-state index contributed by atoms with van der Waals surface area (Å²) in [6.07, 6.45) is 4.38. The number of hydrogen-bond acceptors (Lipinski definition) is 8. The third-order valence-electron chi connectivity index (χ3n) is 8.39. The van der Waals surface area contributed by atoms with E-state index in [0.29, 0.717) is 24.5 Å². The van der Waals surface area contributed by atoms with Crippen LogP contribution in [0.5, 0.6) is 11.5 Å². The van der Waals surface area contributed by atoms with E-state index >= 15 is 0 Å². The Hall–Kier alpha value is -4.53. The minimum absolute atomic E-state index is 0.0101. The summed E-state index contributed by atoms with van der Waals surface area (Å²) in [5.74, 6) is 0.101. The fourth-order valence-corrected chi connectivity index (χ4v) is 5.86. The van der Waals surface area contributed by atoms with E-state index in [-0.39, 0.29) is 41.7 Å². The van der Waals surface area contributed by atoms with Crippen LogP contribution < -0.4 is 9.47 Å². The lowest BCUT2D eigenvalue weighted by atomic mass is 10.0. The van der Waals surface area contributed by atoms with Crippen molar-refractivity contribution in [1.82, 2.24) is 19.4 Å². The van der Waals surface area contributed by atoms with Gasteiger partial charge in [-0.2, -0.15) is 5.26 Å². The SMILES string of the molecule is Cc1cc(C(=O)O)cc2c1nc(CN1CC[C@H](Oc3ccnc(COc4ccc(C#N)cc4F)c3)C[C@@H]1C)n2C[C@@H]1CCO1. The second-order valence-electron chi connectivity index (χ2n) is 11.5. The number of pyridine rings is 1. The van der Waals surface area contributed by atoms with E-state index in [2.05, 4.69) is 21.4 Å². The summed E-state index contributed by atoms with van der Waals surface area (Å²) in [5, 5.41) is 18.6. The molecule has 0 radical (unpaired) electrons. The fraction of sp³-hybridized carbons (Fsp3) is 0.394. The lowest BCUT2D eigenvalue weighted by Crippen LogP contribution is -2.44. The molecule has 2 saturated heterocycles. The van der Waals surface area contributed by atoms with Gasteiger partial charge in [0.05, 0.1) is 53.1 Å². The monoisotopic (exact) mass is 599 g/mol. The molecule has 2 aromatic heterocycles. The zero-order valence-corrected chi connectivity index (χ0v) is 24.7. The van der Waals surface area contributed by atoms with Crippen LogP contribution in [0.3, 0.4) is 0 Å². The zero-order chi connectivity index (χ0) is 30.8. The smallest absolute Gasteiger partial charge is 0.335 e. The molecule has 3 atom stereocenters. The van der Waals surface area contributed by atoms with E-state index in [1.54, 1.807) is 30.5 Å². The van der Waals surface area contributed by atoms with Crippen LogP contribution in [0.2, 0.25) is 0 Å². The molecule has 6 rings (SSSR count). The maximum absolute atomic E-state index is 14.2. The first-order valence-electron chi connectivity index (χ1n) is 14.8. The number of carbonyl (C=O) groups is 1. The third kappa shape index (κ3) is 6.37. The molecule has 0 saturated carbocycles. The van der Waals surface area contributed by atoms with Gasteiger partial charge >= 0.3 is 5.97 Å². The van der Waals surface area contributed by atoms with Gasteiger partial charge in [0.2, 0.25) is 0 Å². The first-order valence-corrected chi connectivity index (χ1v) is 14.8. The molecule has 228 valence electrons. The van der Waals surface area contributed by atoms with Crippen LogP contribution in [0, 0.1) is 24.1 Å². The van der Waals surface area contributed by atoms with Crippen LogP contribution in [0.1, 0.15) is 59.2 Å². The molecule has 1 N–H and O–H groups in total. The average molecular weight is 600 g/mol. The minimum atomic E-state index is -0.950. The molecule has 0 amide bonds. The number of ether oxygens (including phenoxy) is 3. The number of nitrogens with zero attached hydrogens (tertiary/aromatic N) is 5. The van der Waals surface area contributed by atoms with Crippen molar-refractivity contribution in [3.63, 3.8) is 0 Å². The Labute approximate surface area is 254 Å². The number of halogens is 1. The van der Waals surface area contributed by atoms with Crippen LogP contribution in [-0.4, -0.2) is 61.9 Å². The van der Waals surface area contributed by atoms with Gasteiger partial charge in [-0.05, 0) is 75.1 Å². The highest BCUT2D eigenvalue weighted by Gasteiger charge is 2.30. The van der Waals surface area contributed by atoms with E-state index in [1.165, 1.54) is 12.1 Å². The molecule has 44 heavy (non-hydrogen) atoms. The number of imidazole rings is 1. The first-order chi connectivity index (χ1) is 21.3. The maximum atomic E-state index is 14.2. The summed E-state index contributed by atoms with van der Waals surface area (Å²) in [6, 6.07) is 13.2.